The molecular formula is C13H27N3O. The Morgan fingerprint density at radius 2 is 2.00 bits per heavy atom. The summed E-state index contributed by atoms with van der Waals surface area (Å²) in [5, 5.41) is 11.7. The number of amidine groups is 1. The molecule has 1 fully saturated rings. The number of hydrogen-bond acceptors (Lipinski definition) is 3. The fourth-order valence-corrected chi connectivity index (χ4v) is 2.53. The zero-order valence-corrected chi connectivity index (χ0v) is 11.6. The molecule has 0 aromatic rings. The maximum Gasteiger partial charge on any atom is 0.139 e. The van der Waals surface area contributed by atoms with Crippen LogP contribution in [0.1, 0.15) is 46.5 Å². The van der Waals surface area contributed by atoms with Crippen molar-refractivity contribution in [1.82, 2.24) is 4.90 Å². The van der Waals surface area contributed by atoms with Crippen LogP contribution < -0.4 is 5.73 Å². The fourth-order valence-electron chi connectivity index (χ4n) is 2.53. The highest BCUT2D eigenvalue weighted by Gasteiger charge is 2.44. The number of nitrogens with two attached hydrogens (primary N) is 1. The van der Waals surface area contributed by atoms with Crippen molar-refractivity contribution in [2.75, 3.05) is 13.6 Å². The number of rotatable bonds is 7. The molecule has 0 amide bonds. The summed E-state index contributed by atoms with van der Waals surface area (Å²) < 4.78 is 0. The lowest BCUT2D eigenvalue weighted by Crippen LogP contribution is -2.36. The van der Waals surface area contributed by atoms with Crippen LogP contribution in [0, 0.1) is 11.3 Å². The molecule has 3 N–H and O–H groups in total. The molecular weight excluding hydrogens is 214 g/mol. The van der Waals surface area contributed by atoms with Crippen molar-refractivity contribution in [2.45, 2.75) is 52.5 Å². The molecule has 0 aromatic heterocycles. The molecule has 1 saturated carbocycles. The van der Waals surface area contributed by atoms with Gasteiger partial charge < -0.3 is 15.8 Å². The van der Waals surface area contributed by atoms with Gasteiger partial charge >= 0.3 is 0 Å². The van der Waals surface area contributed by atoms with Crippen molar-refractivity contribution < 1.29 is 5.21 Å². The topological polar surface area (TPSA) is 61.8 Å². The minimum atomic E-state index is 0.274. The molecule has 0 radical (unpaired) electrons. The summed E-state index contributed by atoms with van der Waals surface area (Å²) in [4.78, 5) is 2.41. The smallest absolute Gasteiger partial charge is 0.139 e. The Morgan fingerprint density at radius 1 is 1.41 bits per heavy atom. The van der Waals surface area contributed by atoms with E-state index in [-0.39, 0.29) is 5.41 Å². The van der Waals surface area contributed by atoms with Crippen molar-refractivity contribution in [3.63, 3.8) is 0 Å². The maximum absolute atomic E-state index is 8.64. The molecule has 0 bridgehead atoms. The molecule has 0 spiro atoms. The van der Waals surface area contributed by atoms with Crippen molar-refractivity contribution in [3.05, 3.63) is 0 Å². The second-order valence-corrected chi connectivity index (χ2v) is 6.16. The van der Waals surface area contributed by atoms with E-state index < -0.39 is 0 Å². The zero-order valence-electron chi connectivity index (χ0n) is 11.6. The van der Waals surface area contributed by atoms with Crippen LogP contribution in [0.15, 0.2) is 5.16 Å². The summed E-state index contributed by atoms with van der Waals surface area (Å²) in [6.07, 6.45) is 4.34. The van der Waals surface area contributed by atoms with Gasteiger partial charge in [0.15, 0.2) is 0 Å². The van der Waals surface area contributed by atoms with Crippen LogP contribution in [0.25, 0.3) is 0 Å². The molecule has 4 nitrogen and oxygen atoms in total. The lowest BCUT2D eigenvalue weighted by atomic mass is 9.98. The van der Waals surface area contributed by atoms with Crippen LogP contribution in [0.3, 0.4) is 0 Å². The van der Waals surface area contributed by atoms with Crippen LogP contribution in [0.4, 0.5) is 0 Å². The molecule has 17 heavy (non-hydrogen) atoms. The van der Waals surface area contributed by atoms with Gasteiger partial charge in [0.2, 0.25) is 0 Å². The van der Waals surface area contributed by atoms with E-state index in [0.29, 0.717) is 11.9 Å². The maximum atomic E-state index is 8.64. The third-order valence-corrected chi connectivity index (χ3v) is 3.79. The molecule has 100 valence electrons. The third kappa shape index (κ3) is 4.54. The van der Waals surface area contributed by atoms with Gasteiger partial charge in [-0.2, -0.15) is 0 Å². The SMILES string of the molecule is CC(C)CC(C)N(C)CC1(CC(N)=NO)CC1. The van der Waals surface area contributed by atoms with E-state index in [4.69, 9.17) is 10.9 Å². The van der Waals surface area contributed by atoms with Crippen molar-refractivity contribution in [3.8, 4) is 0 Å². The van der Waals surface area contributed by atoms with Gasteiger partial charge in [-0.3, -0.25) is 0 Å². The van der Waals surface area contributed by atoms with Gasteiger partial charge in [0.05, 0.1) is 0 Å². The van der Waals surface area contributed by atoms with Gasteiger partial charge in [0.25, 0.3) is 0 Å². The molecule has 4 heteroatoms. The first-order chi connectivity index (χ1) is 7.88. The van der Waals surface area contributed by atoms with Crippen LogP contribution in [0.2, 0.25) is 0 Å². The summed E-state index contributed by atoms with van der Waals surface area (Å²) in [6.45, 7) is 7.85. The highest BCUT2D eigenvalue weighted by Crippen LogP contribution is 2.49. The Bertz CT molecular complexity index is 272. The first-order valence-corrected chi connectivity index (χ1v) is 6.55. The molecule has 1 rings (SSSR count). The Balaban J connectivity index is 2.42. The molecule has 1 atom stereocenters. The monoisotopic (exact) mass is 241 g/mol. The predicted octanol–water partition coefficient (Wildman–Crippen LogP) is 2.27. The number of oxime groups is 1. The van der Waals surface area contributed by atoms with Crippen molar-refractivity contribution in [1.29, 1.82) is 0 Å². The predicted molar refractivity (Wildman–Crippen MR) is 71.2 cm³/mol. The molecule has 1 aliphatic rings. The highest BCUT2D eigenvalue weighted by molar-refractivity contribution is 5.80. The van der Waals surface area contributed by atoms with Gasteiger partial charge in [0, 0.05) is 19.0 Å². The van der Waals surface area contributed by atoms with E-state index in [2.05, 4.69) is 37.9 Å². The second kappa shape index (κ2) is 5.71. The standard InChI is InChI=1S/C13H27N3O/c1-10(2)7-11(3)16(4)9-13(5-6-13)8-12(14)15-17/h10-11,17H,5-9H2,1-4H3,(H2,14,15). The largest absolute Gasteiger partial charge is 0.409 e. The number of hydrogen-bond donors (Lipinski definition) is 2. The summed E-state index contributed by atoms with van der Waals surface area (Å²) >= 11 is 0. The Hall–Kier alpha value is -0.770. The zero-order chi connectivity index (χ0) is 13.1. The van der Waals surface area contributed by atoms with E-state index in [0.717, 1.165) is 18.9 Å². The Morgan fingerprint density at radius 3 is 2.41 bits per heavy atom. The van der Waals surface area contributed by atoms with Crippen molar-refractivity contribution >= 4 is 5.84 Å². The van der Waals surface area contributed by atoms with Crippen LogP contribution in [-0.2, 0) is 0 Å². The van der Waals surface area contributed by atoms with E-state index in [1.807, 2.05) is 0 Å². The molecule has 0 aromatic carbocycles. The minimum Gasteiger partial charge on any atom is -0.409 e. The minimum absolute atomic E-state index is 0.274. The van der Waals surface area contributed by atoms with Crippen LogP contribution in [-0.4, -0.2) is 35.6 Å². The summed E-state index contributed by atoms with van der Waals surface area (Å²) in [5.74, 6) is 1.10. The molecule has 1 unspecified atom stereocenters. The Kier molecular flexibility index (Phi) is 4.80. The quantitative estimate of drug-likeness (QED) is 0.311. The van der Waals surface area contributed by atoms with E-state index in [1.165, 1.54) is 19.3 Å². The molecule has 1 aliphatic carbocycles. The first-order valence-electron chi connectivity index (χ1n) is 6.55. The molecule has 0 aliphatic heterocycles. The lowest BCUT2D eigenvalue weighted by Gasteiger charge is -2.30. The van der Waals surface area contributed by atoms with Gasteiger partial charge in [0.1, 0.15) is 5.84 Å². The van der Waals surface area contributed by atoms with Gasteiger partial charge in [-0.25, -0.2) is 0 Å². The summed E-state index contributed by atoms with van der Waals surface area (Å²) in [7, 11) is 2.18. The molecule has 0 heterocycles. The summed E-state index contributed by atoms with van der Waals surface area (Å²) in [6, 6.07) is 0.597. The fraction of sp³-hybridized carbons (Fsp3) is 0.923. The van der Waals surface area contributed by atoms with Gasteiger partial charge in [-0.1, -0.05) is 19.0 Å². The van der Waals surface area contributed by atoms with E-state index >= 15 is 0 Å². The summed E-state index contributed by atoms with van der Waals surface area (Å²) in [5.41, 5.74) is 5.89. The van der Waals surface area contributed by atoms with Gasteiger partial charge in [-0.15, -0.1) is 0 Å². The van der Waals surface area contributed by atoms with Crippen LogP contribution in [0.5, 0.6) is 0 Å². The first kappa shape index (κ1) is 14.3. The Labute approximate surface area is 105 Å². The third-order valence-electron chi connectivity index (χ3n) is 3.79. The van der Waals surface area contributed by atoms with Crippen molar-refractivity contribution in [2.24, 2.45) is 22.2 Å². The average Bonchev–Trinajstić information content (AvgIpc) is 2.96. The van der Waals surface area contributed by atoms with Gasteiger partial charge in [-0.05, 0) is 44.6 Å². The highest BCUT2D eigenvalue weighted by atomic mass is 16.4. The van der Waals surface area contributed by atoms with E-state index in [1.54, 1.807) is 0 Å². The lowest BCUT2D eigenvalue weighted by molar-refractivity contribution is 0.188. The van der Waals surface area contributed by atoms with Crippen LogP contribution >= 0.6 is 0 Å². The normalized spacial score (nSPS) is 20.9. The second-order valence-electron chi connectivity index (χ2n) is 6.16. The number of nitrogens with zero attached hydrogens (tertiary/aromatic N) is 2. The van der Waals surface area contributed by atoms with E-state index in [9.17, 15) is 0 Å². The molecule has 0 saturated heterocycles. The average molecular weight is 241 g/mol.